The Kier molecular flexibility index (Phi) is 5.10. The number of anilines is 1. The van der Waals surface area contributed by atoms with Crippen molar-refractivity contribution in [1.82, 2.24) is 5.32 Å². The van der Waals surface area contributed by atoms with Gasteiger partial charge in [0, 0.05) is 17.1 Å². The summed E-state index contributed by atoms with van der Waals surface area (Å²) < 4.78 is 7.05. The van der Waals surface area contributed by atoms with Gasteiger partial charge in [0.05, 0.1) is 17.3 Å². The molecule has 0 aliphatic carbocycles. The molecule has 1 aliphatic heterocycles. The van der Waals surface area contributed by atoms with E-state index in [9.17, 15) is 4.79 Å². The Morgan fingerprint density at radius 1 is 1.32 bits per heavy atom. The molecule has 1 amide bonds. The molecule has 0 spiro atoms. The van der Waals surface area contributed by atoms with Crippen LogP contribution in [0.3, 0.4) is 0 Å². The highest BCUT2D eigenvalue weighted by atomic mass is 79.9. The molecular formula is C13H16Br2N2O2. The van der Waals surface area contributed by atoms with Crippen LogP contribution in [-0.2, 0) is 4.79 Å². The summed E-state index contributed by atoms with van der Waals surface area (Å²) in [6.45, 7) is 0.766. The smallest absolute Gasteiger partial charge is 0.242 e. The van der Waals surface area contributed by atoms with E-state index in [0.717, 1.165) is 46.2 Å². The van der Waals surface area contributed by atoms with Crippen LogP contribution in [0.1, 0.15) is 19.3 Å². The first-order valence-corrected chi connectivity index (χ1v) is 7.77. The van der Waals surface area contributed by atoms with E-state index in [2.05, 4.69) is 42.5 Å². The summed E-state index contributed by atoms with van der Waals surface area (Å²) in [5.74, 6) is 0.797. The fourth-order valence-electron chi connectivity index (χ4n) is 2.06. The summed E-state index contributed by atoms with van der Waals surface area (Å²) in [4.78, 5) is 11.9. The number of rotatable bonds is 3. The van der Waals surface area contributed by atoms with Crippen molar-refractivity contribution in [2.75, 3.05) is 19.0 Å². The topological polar surface area (TPSA) is 50.4 Å². The standard InChI is InChI=1S/C13H16Br2N2O2/c1-19-12-7-11(8(14)6-9(12)15)17-10-4-2-3-5-16-13(10)18/h6-7,10,17H,2-5H2,1H3,(H,16,18). The van der Waals surface area contributed by atoms with Crippen LogP contribution in [0.25, 0.3) is 0 Å². The molecule has 6 heteroatoms. The number of halogens is 2. The lowest BCUT2D eigenvalue weighted by Gasteiger charge is -2.18. The van der Waals surface area contributed by atoms with E-state index in [4.69, 9.17) is 4.74 Å². The lowest BCUT2D eigenvalue weighted by molar-refractivity contribution is -0.121. The van der Waals surface area contributed by atoms with Crippen LogP contribution in [-0.4, -0.2) is 25.6 Å². The molecule has 0 saturated carbocycles. The van der Waals surface area contributed by atoms with Gasteiger partial charge in [-0.15, -0.1) is 0 Å². The van der Waals surface area contributed by atoms with E-state index in [1.54, 1.807) is 7.11 Å². The van der Waals surface area contributed by atoms with Crippen molar-refractivity contribution < 1.29 is 9.53 Å². The van der Waals surface area contributed by atoms with Crippen LogP contribution >= 0.6 is 31.9 Å². The predicted molar refractivity (Wildman–Crippen MR) is 82.7 cm³/mol. The Morgan fingerprint density at radius 3 is 2.84 bits per heavy atom. The van der Waals surface area contributed by atoms with Crippen molar-refractivity contribution in [3.63, 3.8) is 0 Å². The Labute approximate surface area is 129 Å². The van der Waals surface area contributed by atoms with Gasteiger partial charge in [-0.1, -0.05) is 0 Å². The number of carbonyl (C=O) groups excluding carboxylic acids is 1. The largest absolute Gasteiger partial charge is 0.495 e. The van der Waals surface area contributed by atoms with E-state index in [-0.39, 0.29) is 11.9 Å². The molecule has 1 saturated heterocycles. The van der Waals surface area contributed by atoms with E-state index < -0.39 is 0 Å². The summed E-state index contributed by atoms with van der Waals surface area (Å²) in [5, 5.41) is 6.20. The Morgan fingerprint density at radius 2 is 2.11 bits per heavy atom. The van der Waals surface area contributed by atoms with Gasteiger partial charge in [-0.05, 0) is 57.2 Å². The summed E-state index contributed by atoms with van der Waals surface area (Å²) >= 11 is 6.93. The highest BCUT2D eigenvalue weighted by molar-refractivity contribution is 9.11. The van der Waals surface area contributed by atoms with Gasteiger partial charge in [-0.2, -0.15) is 0 Å². The van der Waals surface area contributed by atoms with Crippen LogP contribution in [0.15, 0.2) is 21.1 Å². The lowest BCUT2D eigenvalue weighted by Crippen LogP contribution is -2.37. The van der Waals surface area contributed by atoms with Gasteiger partial charge < -0.3 is 15.4 Å². The first kappa shape index (κ1) is 14.7. The molecule has 1 heterocycles. The maximum Gasteiger partial charge on any atom is 0.242 e. The first-order valence-electron chi connectivity index (χ1n) is 6.19. The van der Waals surface area contributed by atoms with Gasteiger partial charge in [0.2, 0.25) is 5.91 Å². The number of hydrogen-bond donors (Lipinski definition) is 2. The van der Waals surface area contributed by atoms with E-state index in [1.165, 1.54) is 0 Å². The SMILES string of the molecule is COc1cc(NC2CCCCNC2=O)c(Br)cc1Br. The van der Waals surface area contributed by atoms with Crippen LogP contribution in [0.4, 0.5) is 5.69 Å². The average molecular weight is 392 g/mol. The fraction of sp³-hybridized carbons (Fsp3) is 0.462. The number of benzene rings is 1. The molecule has 0 radical (unpaired) electrons. The zero-order valence-electron chi connectivity index (χ0n) is 10.6. The number of carbonyl (C=O) groups is 1. The summed E-state index contributed by atoms with van der Waals surface area (Å²) in [5.41, 5.74) is 0.863. The van der Waals surface area contributed by atoms with E-state index in [0.29, 0.717) is 0 Å². The minimum Gasteiger partial charge on any atom is -0.495 e. The molecular weight excluding hydrogens is 376 g/mol. The Hall–Kier alpha value is -0.750. The zero-order chi connectivity index (χ0) is 13.8. The second-order valence-electron chi connectivity index (χ2n) is 4.45. The second-order valence-corrected chi connectivity index (χ2v) is 6.16. The molecule has 19 heavy (non-hydrogen) atoms. The Bertz CT molecular complexity index is 480. The molecule has 1 aliphatic rings. The van der Waals surface area contributed by atoms with Gasteiger partial charge in [-0.3, -0.25) is 4.79 Å². The molecule has 1 fully saturated rings. The van der Waals surface area contributed by atoms with Gasteiger partial charge in [0.25, 0.3) is 0 Å². The normalized spacial score (nSPS) is 19.5. The average Bonchev–Trinajstić information content (AvgIpc) is 2.58. The number of ether oxygens (including phenoxy) is 1. The number of methoxy groups -OCH3 is 1. The third kappa shape index (κ3) is 3.63. The molecule has 0 aromatic heterocycles. The predicted octanol–water partition coefficient (Wildman–Crippen LogP) is 3.30. The summed E-state index contributed by atoms with van der Waals surface area (Å²) in [7, 11) is 1.62. The minimum absolute atomic E-state index is 0.0614. The van der Waals surface area contributed by atoms with Crippen molar-refractivity contribution in [2.24, 2.45) is 0 Å². The van der Waals surface area contributed by atoms with Gasteiger partial charge in [-0.25, -0.2) is 0 Å². The molecule has 2 N–H and O–H groups in total. The molecule has 1 aromatic rings. The maximum atomic E-state index is 11.9. The molecule has 1 unspecified atom stereocenters. The maximum absolute atomic E-state index is 11.9. The van der Waals surface area contributed by atoms with Crippen LogP contribution < -0.4 is 15.4 Å². The zero-order valence-corrected chi connectivity index (χ0v) is 13.8. The lowest BCUT2D eigenvalue weighted by atomic mass is 10.1. The van der Waals surface area contributed by atoms with Crippen molar-refractivity contribution in [1.29, 1.82) is 0 Å². The van der Waals surface area contributed by atoms with Crippen molar-refractivity contribution in [2.45, 2.75) is 25.3 Å². The minimum atomic E-state index is -0.190. The molecule has 0 bridgehead atoms. The van der Waals surface area contributed by atoms with E-state index >= 15 is 0 Å². The van der Waals surface area contributed by atoms with E-state index in [1.807, 2.05) is 12.1 Å². The van der Waals surface area contributed by atoms with Gasteiger partial charge in [0.15, 0.2) is 0 Å². The van der Waals surface area contributed by atoms with Gasteiger partial charge >= 0.3 is 0 Å². The third-order valence-corrected chi connectivity index (χ3v) is 4.38. The molecule has 1 atom stereocenters. The summed E-state index contributed by atoms with van der Waals surface area (Å²) in [6.07, 6.45) is 2.92. The highest BCUT2D eigenvalue weighted by Crippen LogP contribution is 2.35. The van der Waals surface area contributed by atoms with Crippen molar-refractivity contribution >= 4 is 43.5 Å². The number of nitrogens with one attached hydrogen (secondary N) is 2. The van der Waals surface area contributed by atoms with Crippen molar-refractivity contribution in [3.05, 3.63) is 21.1 Å². The third-order valence-electron chi connectivity index (χ3n) is 3.11. The monoisotopic (exact) mass is 390 g/mol. The van der Waals surface area contributed by atoms with Gasteiger partial charge in [0.1, 0.15) is 11.8 Å². The number of hydrogen-bond acceptors (Lipinski definition) is 3. The van der Waals surface area contributed by atoms with Crippen LogP contribution in [0, 0.1) is 0 Å². The Balaban J connectivity index is 2.19. The quantitative estimate of drug-likeness (QED) is 0.830. The summed E-state index contributed by atoms with van der Waals surface area (Å²) in [6, 6.07) is 3.60. The molecule has 2 rings (SSSR count). The van der Waals surface area contributed by atoms with Crippen LogP contribution in [0.2, 0.25) is 0 Å². The van der Waals surface area contributed by atoms with Crippen LogP contribution in [0.5, 0.6) is 5.75 Å². The highest BCUT2D eigenvalue weighted by Gasteiger charge is 2.21. The number of amides is 1. The molecule has 4 nitrogen and oxygen atoms in total. The molecule has 104 valence electrons. The first-order chi connectivity index (χ1) is 9.11. The molecule has 1 aromatic carbocycles. The fourth-order valence-corrected chi connectivity index (χ4v) is 3.33. The second kappa shape index (κ2) is 6.61. The van der Waals surface area contributed by atoms with Crippen molar-refractivity contribution in [3.8, 4) is 5.75 Å².